The summed E-state index contributed by atoms with van der Waals surface area (Å²) in [7, 11) is -0.759. The lowest BCUT2D eigenvalue weighted by Gasteiger charge is -2.19. The molecule has 0 aromatic heterocycles. The Balaban J connectivity index is 0.000000531. The van der Waals surface area contributed by atoms with Gasteiger partial charge in [0.05, 0.1) is 5.60 Å². The molecule has 0 unspecified atom stereocenters. The van der Waals surface area contributed by atoms with Gasteiger partial charge in [-0.15, -0.1) is 0 Å². The van der Waals surface area contributed by atoms with E-state index in [1.807, 2.05) is 46.8 Å². The zero-order chi connectivity index (χ0) is 11.6. The zero-order valence-corrected chi connectivity index (χ0v) is 10.2. The summed E-state index contributed by atoms with van der Waals surface area (Å²) in [5.41, 5.74) is 2.83. The third-order valence-corrected chi connectivity index (χ3v) is 2.53. The van der Waals surface area contributed by atoms with E-state index in [9.17, 15) is 5.02 Å². The van der Waals surface area contributed by atoms with Crippen molar-refractivity contribution in [1.29, 1.82) is 0 Å². The summed E-state index contributed by atoms with van der Waals surface area (Å²) in [6.07, 6.45) is 0. The molecule has 2 nitrogen and oxygen atoms in total. The molecule has 1 aromatic rings. The Morgan fingerprint density at radius 1 is 1.27 bits per heavy atom. The summed E-state index contributed by atoms with van der Waals surface area (Å²) in [5, 5.41) is 9.59. The van der Waals surface area contributed by atoms with Gasteiger partial charge in [-0.25, -0.2) is 0 Å². The summed E-state index contributed by atoms with van der Waals surface area (Å²) in [5.74, 6) is 0. The molecule has 1 aromatic carbocycles. The number of rotatable bonds is 0. The third-order valence-electron chi connectivity index (χ3n) is 2.53. The molecule has 0 bridgehead atoms. The first-order valence-electron chi connectivity index (χ1n) is 5.47. The van der Waals surface area contributed by atoms with Crippen molar-refractivity contribution in [2.45, 2.75) is 40.2 Å². The predicted molar refractivity (Wildman–Crippen MR) is 64.2 cm³/mol. The average molecular weight is 206 g/mol. The van der Waals surface area contributed by atoms with E-state index in [1.54, 1.807) is 0 Å². The van der Waals surface area contributed by atoms with Crippen molar-refractivity contribution >= 4 is 12.6 Å². The second kappa shape index (κ2) is 4.37. The maximum Gasteiger partial charge on any atom is 0.492 e. The number of benzene rings is 1. The topological polar surface area (TPSA) is 29.5 Å². The highest BCUT2D eigenvalue weighted by Crippen LogP contribution is 2.29. The van der Waals surface area contributed by atoms with Crippen molar-refractivity contribution < 1.29 is 9.68 Å². The molecule has 0 atom stereocenters. The van der Waals surface area contributed by atoms with Crippen LogP contribution in [0.15, 0.2) is 18.2 Å². The third kappa shape index (κ3) is 2.24. The van der Waals surface area contributed by atoms with Crippen LogP contribution in [0.2, 0.25) is 0 Å². The van der Waals surface area contributed by atoms with E-state index in [0.717, 1.165) is 11.0 Å². The van der Waals surface area contributed by atoms with Gasteiger partial charge in [0.25, 0.3) is 0 Å². The minimum absolute atomic E-state index is 0.360. The van der Waals surface area contributed by atoms with Gasteiger partial charge in [-0.3, -0.25) is 0 Å². The van der Waals surface area contributed by atoms with Gasteiger partial charge < -0.3 is 9.68 Å². The second-order valence-electron chi connectivity index (χ2n) is 4.07. The molecule has 15 heavy (non-hydrogen) atoms. The van der Waals surface area contributed by atoms with Gasteiger partial charge >= 0.3 is 7.12 Å². The standard InChI is InChI=1S/C10H13BO2.C2H6/c1-7-4-5-9-8(6-7)10(2,3)13-11(9)12;1-2/h4-6,12H,1-3H3;1-2H3. The molecule has 0 spiro atoms. The lowest BCUT2D eigenvalue weighted by Crippen LogP contribution is -2.28. The first-order chi connectivity index (χ1) is 7.00. The largest absolute Gasteiger partial charge is 0.492 e. The molecular weight excluding hydrogens is 187 g/mol. The molecule has 0 saturated carbocycles. The number of aryl methyl sites for hydroxylation is 1. The Labute approximate surface area is 92.4 Å². The first kappa shape index (κ1) is 12.3. The highest BCUT2D eigenvalue weighted by molar-refractivity contribution is 6.61. The van der Waals surface area contributed by atoms with Gasteiger partial charge in [-0.1, -0.05) is 37.6 Å². The van der Waals surface area contributed by atoms with Crippen molar-refractivity contribution in [1.82, 2.24) is 0 Å². The van der Waals surface area contributed by atoms with Crippen molar-refractivity contribution in [3.63, 3.8) is 0 Å². The van der Waals surface area contributed by atoms with Crippen LogP contribution < -0.4 is 5.46 Å². The van der Waals surface area contributed by atoms with Crippen LogP contribution in [-0.4, -0.2) is 12.1 Å². The van der Waals surface area contributed by atoms with Gasteiger partial charge in [-0.05, 0) is 31.8 Å². The summed E-state index contributed by atoms with van der Waals surface area (Å²) in [4.78, 5) is 0. The molecule has 1 aliphatic heterocycles. The van der Waals surface area contributed by atoms with Crippen LogP contribution in [0, 0.1) is 6.92 Å². The van der Waals surface area contributed by atoms with Crippen molar-refractivity contribution in [2.75, 3.05) is 0 Å². The second-order valence-corrected chi connectivity index (χ2v) is 4.07. The summed E-state index contributed by atoms with van der Waals surface area (Å²) < 4.78 is 5.43. The molecule has 0 amide bonds. The fraction of sp³-hybridized carbons (Fsp3) is 0.500. The molecular formula is C12H19BO2. The van der Waals surface area contributed by atoms with E-state index < -0.39 is 7.12 Å². The van der Waals surface area contributed by atoms with Gasteiger partial charge in [0, 0.05) is 0 Å². The number of hydrogen-bond acceptors (Lipinski definition) is 2. The smallest absolute Gasteiger partial charge is 0.423 e. The van der Waals surface area contributed by atoms with Crippen LogP contribution in [0.1, 0.15) is 38.8 Å². The monoisotopic (exact) mass is 206 g/mol. The van der Waals surface area contributed by atoms with E-state index in [4.69, 9.17) is 4.65 Å². The molecule has 1 heterocycles. The van der Waals surface area contributed by atoms with E-state index in [1.165, 1.54) is 5.56 Å². The molecule has 2 rings (SSSR count). The fourth-order valence-electron chi connectivity index (χ4n) is 1.81. The Bertz CT molecular complexity index is 347. The highest BCUT2D eigenvalue weighted by Gasteiger charge is 2.40. The molecule has 0 saturated heterocycles. The Hall–Kier alpha value is -0.795. The van der Waals surface area contributed by atoms with E-state index in [-0.39, 0.29) is 5.60 Å². The maximum atomic E-state index is 9.59. The van der Waals surface area contributed by atoms with Crippen LogP contribution in [0.4, 0.5) is 0 Å². The van der Waals surface area contributed by atoms with Crippen LogP contribution in [0.3, 0.4) is 0 Å². The van der Waals surface area contributed by atoms with Crippen LogP contribution in [0.25, 0.3) is 0 Å². The molecule has 0 radical (unpaired) electrons. The van der Waals surface area contributed by atoms with Gasteiger partial charge in [-0.2, -0.15) is 0 Å². The summed E-state index contributed by atoms with van der Waals surface area (Å²) in [6, 6.07) is 6.00. The van der Waals surface area contributed by atoms with E-state index in [2.05, 4.69) is 6.07 Å². The normalized spacial score (nSPS) is 16.8. The molecule has 1 N–H and O–H groups in total. The minimum atomic E-state index is -0.759. The lowest BCUT2D eigenvalue weighted by molar-refractivity contribution is 0.101. The molecule has 3 heteroatoms. The number of hydrogen-bond donors (Lipinski definition) is 1. The van der Waals surface area contributed by atoms with Gasteiger partial charge in [0.2, 0.25) is 0 Å². The van der Waals surface area contributed by atoms with Crippen LogP contribution >= 0.6 is 0 Å². The highest BCUT2D eigenvalue weighted by atomic mass is 16.5. The zero-order valence-electron chi connectivity index (χ0n) is 10.2. The Morgan fingerprint density at radius 3 is 2.47 bits per heavy atom. The average Bonchev–Trinajstić information content (AvgIpc) is 2.40. The van der Waals surface area contributed by atoms with Crippen molar-refractivity contribution in [3.8, 4) is 0 Å². The number of fused-ring (bicyclic) bond motifs is 1. The Kier molecular flexibility index (Phi) is 3.58. The Morgan fingerprint density at radius 2 is 1.87 bits per heavy atom. The van der Waals surface area contributed by atoms with Crippen LogP contribution in [-0.2, 0) is 10.3 Å². The van der Waals surface area contributed by atoms with E-state index >= 15 is 0 Å². The molecule has 0 aliphatic carbocycles. The van der Waals surface area contributed by atoms with Gasteiger partial charge in [0.1, 0.15) is 0 Å². The summed E-state index contributed by atoms with van der Waals surface area (Å²) >= 11 is 0. The molecule has 0 fully saturated rings. The van der Waals surface area contributed by atoms with Gasteiger partial charge in [0.15, 0.2) is 0 Å². The predicted octanol–water partition coefficient (Wildman–Crippen LogP) is 1.97. The molecule has 1 aliphatic rings. The molecule has 82 valence electrons. The quantitative estimate of drug-likeness (QED) is 0.657. The minimum Gasteiger partial charge on any atom is -0.423 e. The van der Waals surface area contributed by atoms with Crippen LogP contribution in [0.5, 0.6) is 0 Å². The summed E-state index contributed by atoms with van der Waals surface area (Å²) in [6.45, 7) is 9.99. The first-order valence-corrected chi connectivity index (χ1v) is 5.47. The maximum absolute atomic E-state index is 9.59. The van der Waals surface area contributed by atoms with Crippen molar-refractivity contribution in [3.05, 3.63) is 29.3 Å². The fourth-order valence-corrected chi connectivity index (χ4v) is 1.81. The lowest BCUT2D eigenvalue weighted by atomic mass is 9.78. The van der Waals surface area contributed by atoms with Crippen molar-refractivity contribution in [2.24, 2.45) is 0 Å². The SMILES string of the molecule is CC.Cc1ccc2c(c1)C(C)(C)OB2O. The van der Waals surface area contributed by atoms with E-state index in [0.29, 0.717) is 0 Å².